The van der Waals surface area contributed by atoms with Crippen LogP contribution in [0.1, 0.15) is 47.2 Å². The Morgan fingerprint density at radius 2 is 2.19 bits per heavy atom. The minimum Gasteiger partial charge on any atom is -0.323 e. The number of hydrogen-bond acceptors (Lipinski definition) is 4. The highest BCUT2D eigenvalue weighted by atomic mass is 32.1. The quantitative estimate of drug-likeness (QED) is 0.608. The zero-order valence-corrected chi connectivity index (χ0v) is 17.3. The molecule has 3 aromatic heterocycles. The molecular formula is C22H26N4S. The molecule has 1 aliphatic heterocycles. The van der Waals surface area contributed by atoms with Crippen molar-refractivity contribution >= 4 is 28.4 Å². The first-order chi connectivity index (χ1) is 13.1. The van der Waals surface area contributed by atoms with Gasteiger partial charge in [-0.05, 0) is 56.2 Å². The maximum Gasteiger partial charge on any atom is 0.158 e. The van der Waals surface area contributed by atoms with E-state index in [1.807, 2.05) is 13.1 Å². The van der Waals surface area contributed by atoms with Gasteiger partial charge in [0.25, 0.3) is 0 Å². The van der Waals surface area contributed by atoms with E-state index in [1.54, 1.807) is 11.3 Å². The van der Waals surface area contributed by atoms with E-state index in [9.17, 15) is 0 Å². The standard InChI is InChI=1S/C22H26N4S/c1-5-8-17(20-10-7-12-27-20)21-18-9-6-11-26(22(18)24-25(21)4)19-14-23-16(3)13-15(19)2/h7-8,10,12-14H,5-6,9,11H2,1-4H3/b17-8-. The van der Waals surface area contributed by atoms with Crippen molar-refractivity contribution in [3.63, 3.8) is 0 Å². The Hall–Kier alpha value is -2.40. The molecule has 0 unspecified atom stereocenters. The average molecular weight is 379 g/mol. The largest absolute Gasteiger partial charge is 0.323 e. The van der Waals surface area contributed by atoms with Crippen molar-refractivity contribution in [1.82, 2.24) is 14.8 Å². The first-order valence-electron chi connectivity index (χ1n) is 9.61. The molecule has 4 nitrogen and oxygen atoms in total. The van der Waals surface area contributed by atoms with E-state index in [-0.39, 0.29) is 0 Å². The van der Waals surface area contributed by atoms with Crippen molar-refractivity contribution in [1.29, 1.82) is 0 Å². The number of nitrogens with zero attached hydrogens (tertiary/aromatic N) is 4. The van der Waals surface area contributed by atoms with Gasteiger partial charge >= 0.3 is 0 Å². The maximum absolute atomic E-state index is 4.96. The molecule has 1 aliphatic rings. The fourth-order valence-corrected chi connectivity index (χ4v) is 4.78. The summed E-state index contributed by atoms with van der Waals surface area (Å²) in [5.74, 6) is 1.09. The molecule has 3 aromatic rings. The van der Waals surface area contributed by atoms with E-state index in [1.165, 1.54) is 33.0 Å². The molecule has 0 fully saturated rings. The lowest BCUT2D eigenvalue weighted by Crippen LogP contribution is -2.25. The lowest BCUT2D eigenvalue weighted by Gasteiger charge is -2.29. The number of anilines is 2. The Morgan fingerprint density at radius 1 is 1.33 bits per heavy atom. The summed E-state index contributed by atoms with van der Waals surface area (Å²) in [6.45, 7) is 7.39. The number of pyridine rings is 1. The Balaban J connectivity index is 1.85. The van der Waals surface area contributed by atoms with Crippen molar-refractivity contribution in [3.8, 4) is 0 Å². The predicted molar refractivity (Wildman–Crippen MR) is 114 cm³/mol. The topological polar surface area (TPSA) is 34.0 Å². The van der Waals surface area contributed by atoms with Crippen LogP contribution in [0.5, 0.6) is 0 Å². The van der Waals surface area contributed by atoms with E-state index in [0.717, 1.165) is 37.3 Å². The molecule has 27 heavy (non-hydrogen) atoms. The van der Waals surface area contributed by atoms with Crippen LogP contribution in [0.4, 0.5) is 11.5 Å². The van der Waals surface area contributed by atoms with Gasteiger partial charge in [-0.15, -0.1) is 11.3 Å². The monoisotopic (exact) mass is 378 g/mol. The third-order valence-corrected chi connectivity index (χ3v) is 6.05. The van der Waals surface area contributed by atoms with E-state index >= 15 is 0 Å². The summed E-state index contributed by atoms with van der Waals surface area (Å²) in [5, 5.41) is 7.11. The third-order valence-electron chi connectivity index (χ3n) is 5.15. The molecule has 0 aliphatic carbocycles. The smallest absolute Gasteiger partial charge is 0.158 e. The first-order valence-corrected chi connectivity index (χ1v) is 10.5. The first kappa shape index (κ1) is 18.0. The summed E-state index contributed by atoms with van der Waals surface area (Å²) in [6, 6.07) is 6.49. The van der Waals surface area contributed by atoms with Gasteiger partial charge < -0.3 is 4.90 Å². The lowest BCUT2D eigenvalue weighted by molar-refractivity contribution is 0.738. The molecule has 4 heterocycles. The second kappa shape index (κ2) is 7.31. The Morgan fingerprint density at radius 3 is 2.89 bits per heavy atom. The van der Waals surface area contributed by atoms with Gasteiger partial charge in [-0.1, -0.05) is 19.1 Å². The van der Waals surface area contributed by atoms with Gasteiger partial charge in [-0.2, -0.15) is 5.10 Å². The zero-order chi connectivity index (χ0) is 19.0. The minimum absolute atomic E-state index is 0.987. The molecule has 4 rings (SSSR count). The van der Waals surface area contributed by atoms with Crippen LogP contribution in [-0.2, 0) is 13.5 Å². The summed E-state index contributed by atoms with van der Waals surface area (Å²) < 4.78 is 2.07. The van der Waals surface area contributed by atoms with E-state index in [0.29, 0.717) is 0 Å². The molecule has 0 bridgehead atoms. The molecule has 0 saturated heterocycles. The van der Waals surface area contributed by atoms with Gasteiger partial charge in [0, 0.05) is 35.3 Å². The van der Waals surface area contributed by atoms with Gasteiger partial charge in [-0.3, -0.25) is 9.67 Å². The van der Waals surface area contributed by atoms with Gasteiger partial charge in [0.1, 0.15) is 0 Å². The van der Waals surface area contributed by atoms with E-state index in [2.05, 4.69) is 65.1 Å². The SMILES string of the molecule is CC/C=C(/c1cccs1)c1c2c(nn1C)N(c1cnc(C)cc1C)CCC2. The second-order valence-corrected chi connectivity index (χ2v) is 8.09. The fourth-order valence-electron chi connectivity index (χ4n) is 4.01. The Kier molecular flexibility index (Phi) is 4.87. The average Bonchev–Trinajstić information content (AvgIpc) is 3.27. The summed E-state index contributed by atoms with van der Waals surface area (Å²) in [4.78, 5) is 8.20. The molecule has 0 N–H and O–H groups in total. The maximum atomic E-state index is 4.96. The van der Waals surface area contributed by atoms with Crippen LogP contribution in [-0.4, -0.2) is 21.3 Å². The second-order valence-electron chi connectivity index (χ2n) is 7.15. The summed E-state index contributed by atoms with van der Waals surface area (Å²) in [6.07, 6.45) is 7.54. The zero-order valence-electron chi connectivity index (χ0n) is 16.5. The molecular weight excluding hydrogens is 352 g/mol. The van der Waals surface area contributed by atoms with Crippen molar-refractivity contribution < 1.29 is 0 Å². The molecule has 0 spiro atoms. The number of rotatable bonds is 4. The van der Waals surface area contributed by atoms with Gasteiger partial charge in [0.2, 0.25) is 0 Å². The number of aromatic nitrogens is 3. The highest BCUT2D eigenvalue weighted by Crippen LogP contribution is 2.40. The normalized spacial score (nSPS) is 14.5. The number of allylic oxidation sites excluding steroid dienone is 1. The van der Waals surface area contributed by atoms with Gasteiger partial charge in [0.05, 0.1) is 17.6 Å². The van der Waals surface area contributed by atoms with Gasteiger partial charge in [-0.25, -0.2) is 0 Å². The van der Waals surface area contributed by atoms with Crippen LogP contribution in [0, 0.1) is 13.8 Å². The van der Waals surface area contributed by atoms with Crippen molar-refractivity contribution in [2.75, 3.05) is 11.4 Å². The van der Waals surface area contributed by atoms with Crippen molar-refractivity contribution in [2.24, 2.45) is 7.05 Å². The fraction of sp³-hybridized carbons (Fsp3) is 0.364. The van der Waals surface area contributed by atoms with Crippen LogP contribution < -0.4 is 4.90 Å². The van der Waals surface area contributed by atoms with Crippen molar-refractivity contribution in [3.05, 3.63) is 63.2 Å². The molecule has 0 aromatic carbocycles. The summed E-state index contributed by atoms with van der Waals surface area (Å²) in [5.41, 5.74) is 7.41. The highest BCUT2D eigenvalue weighted by Gasteiger charge is 2.28. The van der Waals surface area contributed by atoms with E-state index in [4.69, 9.17) is 5.10 Å². The van der Waals surface area contributed by atoms with Crippen LogP contribution in [0.25, 0.3) is 5.57 Å². The summed E-state index contributed by atoms with van der Waals surface area (Å²) >= 11 is 1.80. The Labute approximate surface area is 165 Å². The van der Waals surface area contributed by atoms with Gasteiger partial charge in [0.15, 0.2) is 5.82 Å². The predicted octanol–water partition coefficient (Wildman–Crippen LogP) is 5.42. The van der Waals surface area contributed by atoms with Crippen LogP contribution in [0.2, 0.25) is 0 Å². The van der Waals surface area contributed by atoms with Crippen LogP contribution >= 0.6 is 11.3 Å². The Bertz CT molecular complexity index is 982. The number of fused-ring (bicyclic) bond motifs is 1. The molecule has 140 valence electrons. The molecule has 5 heteroatoms. The molecule has 0 amide bonds. The van der Waals surface area contributed by atoms with E-state index < -0.39 is 0 Å². The number of thiophene rings is 1. The number of hydrogen-bond donors (Lipinski definition) is 0. The number of aryl methyl sites for hydroxylation is 3. The summed E-state index contributed by atoms with van der Waals surface area (Å²) in [7, 11) is 2.07. The molecule has 0 radical (unpaired) electrons. The van der Waals surface area contributed by atoms with Crippen LogP contribution in [0.15, 0.2) is 35.9 Å². The third kappa shape index (κ3) is 3.21. The minimum atomic E-state index is 0.987. The molecule has 0 atom stereocenters. The highest BCUT2D eigenvalue weighted by molar-refractivity contribution is 7.11. The van der Waals surface area contributed by atoms with Crippen LogP contribution in [0.3, 0.4) is 0 Å². The molecule has 0 saturated carbocycles. The van der Waals surface area contributed by atoms with Crippen molar-refractivity contribution in [2.45, 2.75) is 40.0 Å². The lowest BCUT2D eigenvalue weighted by atomic mass is 9.98.